The van der Waals surface area contributed by atoms with Gasteiger partial charge < -0.3 is 10.1 Å². The highest BCUT2D eigenvalue weighted by molar-refractivity contribution is 6.07. The third-order valence-corrected chi connectivity index (χ3v) is 3.72. The molecule has 2 aliphatic rings. The van der Waals surface area contributed by atoms with E-state index in [2.05, 4.69) is 10.6 Å². The maximum atomic E-state index is 12.1. The molecule has 3 amide bonds. The fraction of sp³-hybridized carbons (Fsp3) is 0.385. The molecule has 1 heterocycles. The van der Waals surface area contributed by atoms with Crippen LogP contribution < -0.4 is 15.4 Å². The molecule has 18 heavy (non-hydrogen) atoms. The largest absolute Gasteiger partial charge is 0.497 e. The maximum absolute atomic E-state index is 12.1. The Kier molecular flexibility index (Phi) is 2.29. The number of rotatable bonds is 1. The van der Waals surface area contributed by atoms with Crippen molar-refractivity contribution in [1.82, 2.24) is 10.6 Å². The molecule has 3 rings (SSSR count). The summed E-state index contributed by atoms with van der Waals surface area (Å²) < 4.78 is 5.20. The van der Waals surface area contributed by atoms with E-state index in [1.165, 1.54) is 0 Å². The lowest BCUT2D eigenvalue weighted by molar-refractivity contribution is -0.124. The first-order valence-electron chi connectivity index (χ1n) is 5.97. The van der Waals surface area contributed by atoms with Gasteiger partial charge in [-0.05, 0) is 42.5 Å². The fourth-order valence-corrected chi connectivity index (χ4v) is 2.83. The van der Waals surface area contributed by atoms with Gasteiger partial charge in [-0.2, -0.15) is 0 Å². The molecule has 0 saturated carbocycles. The summed E-state index contributed by atoms with van der Waals surface area (Å²) in [6.07, 6.45) is 2.43. The Morgan fingerprint density at radius 3 is 2.83 bits per heavy atom. The smallest absolute Gasteiger partial charge is 0.322 e. The molecule has 5 heteroatoms. The van der Waals surface area contributed by atoms with Gasteiger partial charge in [0.05, 0.1) is 7.11 Å². The number of benzene rings is 1. The predicted molar refractivity (Wildman–Crippen MR) is 64.3 cm³/mol. The zero-order chi connectivity index (χ0) is 12.8. The van der Waals surface area contributed by atoms with Crippen LogP contribution in [-0.4, -0.2) is 19.0 Å². The van der Waals surface area contributed by atoms with Gasteiger partial charge in [0, 0.05) is 0 Å². The zero-order valence-electron chi connectivity index (χ0n) is 10.1. The SMILES string of the molecule is COc1ccc2c(c1)C1(CCC2)NC(=O)NC1=O. The van der Waals surface area contributed by atoms with Crippen molar-refractivity contribution in [3.63, 3.8) is 0 Å². The summed E-state index contributed by atoms with van der Waals surface area (Å²) in [6, 6.07) is 5.27. The van der Waals surface area contributed by atoms with Gasteiger partial charge in [-0.25, -0.2) is 4.79 Å². The minimum absolute atomic E-state index is 0.262. The number of hydrogen-bond donors (Lipinski definition) is 2. The number of carbonyl (C=O) groups is 2. The van der Waals surface area contributed by atoms with Crippen LogP contribution in [0.5, 0.6) is 5.75 Å². The van der Waals surface area contributed by atoms with Gasteiger partial charge in [0.2, 0.25) is 0 Å². The minimum Gasteiger partial charge on any atom is -0.497 e. The highest BCUT2D eigenvalue weighted by atomic mass is 16.5. The molecular weight excluding hydrogens is 232 g/mol. The monoisotopic (exact) mass is 246 g/mol. The molecule has 0 radical (unpaired) electrons. The van der Waals surface area contributed by atoms with Crippen molar-refractivity contribution >= 4 is 11.9 Å². The molecule has 1 atom stereocenters. The van der Waals surface area contributed by atoms with E-state index in [0.717, 1.165) is 24.0 Å². The number of urea groups is 1. The van der Waals surface area contributed by atoms with Crippen LogP contribution in [-0.2, 0) is 16.8 Å². The molecule has 1 aromatic carbocycles. The summed E-state index contributed by atoms with van der Waals surface area (Å²) >= 11 is 0. The lowest BCUT2D eigenvalue weighted by Gasteiger charge is -2.33. The second-order valence-corrected chi connectivity index (χ2v) is 4.69. The highest BCUT2D eigenvalue weighted by Gasteiger charge is 2.49. The van der Waals surface area contributed by atoms with E-state index < -0.39 is 11.6 Å². The zero-order valence-corrected chi connectivity index (χ0v) is 10.1. The number of carbonyl (C=O) groups excluding carboxylic acids is 2. The lowest BCUT2D eigenvalue weighted by atomic mass is 9.76. The lowest BCUT2D eigenvalue weighted by Crippen LogP contribution is -2.46. The van der Waals surface area contributed by atoms with E-state index in [1.807, 2.05) is 18.2 Å². The van der Waals surface area contributed by atoms with Gasteiger partial charge in [0.25, 0.3) is 5.91 Å². The predicted octanol–water partition coefficient (Wildman–Crippen LogP) is 1.07. The summed E-state index contributed by atoms with van der Waals surface area (Å²) in [5.74, 6) is 0.436. The molecule has 1 spiro atoms. The third kappa shape index (κ3) is 1.40. The second-order valence-electron chi connectivity index (χ2n) is 4.69. The van der Waals surface area contributed by atoms with Gasteiger partial charge in [-0.3, -0.25) is 10.1 Å². The van der Waals surface area contributed by atoms with E-state index in [4.69, 9.17) is 4.74 Å². The van der Waals surface area contributed by atoms with Crippen LogP contribution in [0, 0.1) is 0 Å². The van der Waals surface area contributed by atoms with E-state index >= 15 is 0 Å². The first-order chi connectivity index (χ1) is 8.65. The minimum atomic E-state index is -0.904. The quantitative estimate of drug-likeness (QED) is 0.728. The summed E-state index contributed by atoms with van der Waals surface area (Å²) in [5.41, 5.74) is 1.05. The van der Waals surface area contributed by atoms with Crippen LogP contribution in [0.4, 0.5) is 4.79 Å². The molecule has 0 aromatic heterocycles. The molecule has 0 bridgehead atoms. The Labute approximate surface area is 105 Å². The second kappa shape index (κ2) is 3.73. The number of nitrogens with one attached hydrogen (secondary N) is 2. The van der Waals surface area contributed by atoms with Crippen molar-refractivity contribution in [2.75, 3.05) is 7.11 Å². The summed E-state index contributed by atoms with van der Waals surface area (Å²) in [4.78, 5) is 23.5. The summed E-state index contributed by atoms with van der Waals surface area (Å²) in [5, 5.41) is 5.10. The Bertz CT molecular complexity index is 541. The van der Waals surface area contributed by atoms with Crippen molar-refractivity contribution in [2.24, 2.45) is 0 Å². The number of fused-ring (bicyclic) bond motifs is 2. The molecule has 5 nitrogen and oxygen atoms in total. The van der Waals surface area contributed by atoms with E-state index in [9.17, 15) is 9.59 Å². The van der Waals surface area contributed by atoms with Crippen molar-refractivity contribution in [3.05, 3.63) is 29.3 Å². The Morgan fingerprint density at radius 2 is 2.17 bits per heavy atom. The standard InChI is InChI=1S/C13H14N2O3/c1-18-9-5-4-8-3-2-6-13(10(8)7-9)11(16)14-12(17)15-13/h4-5,7H,2-3,6H2,1H3,(H2,14,15,16,17). The third-order valence-electron chi connectivity index (χ3n) is 3.72. The van der Waals surface area contributed by atoms with Crippen molar-refractivity contribution in [2.45, 2.75) is 24.8 Å². The molecular formula is C13H14N2O3. The van der Waals surface area contributed by atoms with Crippen LogP contribution in [0.3, 0.4) is 0 Å². The number of imide groups is 1. The number of aryl methyl sites for hydroxylation is 1. The number of ether oxygens (including phenoxy) is 1. The Morgan fingerprint density at radius 1 is 1.33 bits per heavy atom. The van der Waals surface area contributed by atoms with E-state index in [0.29, 0.717) is 12.2 Å². The molecule has 1 aliphatic carbocycles. The van der Waals surface area contributed by atoms with Crippen LogP contribution in [0.1, 0.15) is 24.0 Å². The molecule has 1 saturated heterocycles. The van der Waals surface area contributed by atoms with Crippen LogP contribution in [0.15, 0.2) is 18.2 Å². The Hall–Kier alpha value is -2.04. The van der Waals surface area contributed by atoms with Gasteiger partial charge in [0.1, 0.15) is 11.3 Å². The normalized spacial score (nSPS) is 25.6. The molecule has 94 valence electrons. The number of hydrogen-bond acceptors (Lipinski definition) is 3. The summed E-state index contributed by atoms with van der Waals surface area (Å²) in [7, 11) is 1.59. The first kappa shape index (κ1) is 11.1. The molecule has 1 aromatic rings. The van der Waals surface area contributed by atoms with E-state index in [-0.39, 0.29) is 5.91 Å². The molecule has 2 N–H and O–H groups in total. The Balaban J connectivity index is 2.16. The highest BCUT2D eigenvalue weighted by Crippen LogP contribution is 2.39. The van der Waals surface area contributed by atoms with Crippen molar-refractivity contribution < 1.29 is 14.3 Å². The van der Waals surface area contributed by atoms with Crippen molar-refractivity contribution in [3.8, 4) is 5.75 Å². The van der Waals surface area contributed by atoms with Crippen LogP contribution in [0.2, 0.25) is 0 Å². The number of amides is 3. The van der Waals surface area contributed by atoms with Gasteiger partial charge in [-0.15, -0.1) is 0 Å². The molecule has 1 aliphatic heterocycles. The van der Waals surface area contributed by atoms with Crippen LogP contribution >= 0.6 is 0 Å². The van der Waals surface area contributed by atoms with Crippen LogP contribution in [0.25, 0.3) is 0 Å². The van der Waals surface area contributed by atoms with Gasteiger partial charge >= 0.3 is 6.03 Å². The molecule has 1 unspecified atom stereocenters. The van der Waals surface area contributed by atoms with Gasteiger partial charge in [0.15, 0.2) is 0 Å². The first-order valence-corrected chi connectivity index (χ1v) is 5.97. The fourth-order valence-electron chi connectivity index (χ4n) is 2.83. The maximum Gasteiger partial charge on any atom is 0.322 e. The van der Waals surface area contributed by atoms with E-state index in [1.54, 1.807) is 7.11 Å². The molecule has 1 fully saturated rings. The summed E-state index contributed by atoms with van der Waals surface area (Å²) in [6.45, 7) is 0. The topological polar surface area (TPSA) is 67.4 Å². The average molecular weight is 246 g/mol. The average Bonchev–Trinajstić information content (AvgIpc) is 2.65. The number of methoxy groups -OCH3 is 1. The van der Waals surface area contributed by atoms with Gasteiger partial charge in [-0.1, -0.05) is 6.07 Å². The van der Waals surface area contributed by atoms with Crippen molar-refractivity contribution in [1.29, 1.82) is 0 Å².